The fourth-order valence-electron chi connectivity index (χ4n) is 3.27. The molecule has 0 radical (unpaired) electrons. The summed E-state index contributed by atoms with van der Waals surface area (Å²) in [5.41, 5.74) is 1.15. The minimum atomic E-state index is -0.944. The van der Waals surface area contributed by atoms with Gasteiger partial charge in [-0.2, -0.15) is 0 Å². The highest BCUT2D eigenvalue weighted by Gasteiger charge is 2.44. The number of hydrogen-bond acceptors (Lipinski definition) is 2. The van der Waals surface area contributed by atoms with Gasteiger partial charge in [-0.05, 0) is 35.4 Å². The Morgan fingerprint density at radius 3 is 2.26 bits per heavy atom. The van der Waals surface area contributed by atoms with Gasteiger partial charge in [-0.3, -0.25) is 0 Å². The van der Waals surface area contributed by atoms with Gasteiger partial charge in [-0.15, -0.1) is 0 Å². The molecule has 2 N–H and O–H groups in total. The van der Waals surface area contributed by atoms with Crippen LogP contribution < -0.4 is 5.32 Å². The largest absolute Gasteiger partial charge is 0.478 e. The predicted octanol–water partition coefficient (Wildman–Crippen LogP) is 3.21. The highest BCUT2D eigenvalue weighted by molar-refractivity contribution is 5.87. The van der Waals surface area contributed by atoms with Crippen LogP contribution in [0.25, 0.3) is 0 Å². The van der Waals surface area contributed by atoms with Crippen molar-refractivity contribution >= 4 is 12.0 Å². The maximum Gasteiger partial charge on any atom is 0.335 e. The maximum atomic E-state index is 12.4. The number of carboxylic acid groups (broad SMARTS) is 1. The molecule has 126 valence electrons. The second-order valence-electron chi connectivity index (χ2n) is 6.96. The topological polar surface area (TPSA) is 69.6 Å². The second-order valence-corrected chi connectivity index (χ2v) is 6.96. The van der Waals surface area contributed by atoms with Crippen LogP contribution in [0.4, 0.5) is 4.79 Å². The van der Waals surface area contributed by atoms with E-state index in [1.54, 1.807) is 24.3 Å². The van der Waals surface area contributed by atoms with Crippen molar-refractivity contribution in [2.24, 2.45) is 17.8 Å². The quantitative estimate of drug-likeness (QED) is 0.876. The number of benzene rings is 1. The van der Waals surface area contributed by atoms with Crippen molar-refractivity contribution in [2.75, 3.05) is 6.54 Å². The van der Waals surface area contributed by atoms with Gasteiger partial charge in [0.05, 0.1) is 5.56 Å². The Labute approximate surface area is 137 Å². The molecule has 0 saturated carbocycles. The number of carbonyl (C=O) groups excluding carboxylic acids is 1. The number of likely N-dealkylation sites (tertiary alicyclic amines) is 1. The summed E-state index contributed by atoms with van der Waals surface area (Å²) in [7, 11) is 0. The van der Waals surface area contributed by atoms with E-state index in [4.69, 9.17) is 5.11 Å². The lowest BCUT2D eigenvalue weighted by Crippen LogP contribution is -2.64. The molecule has 5 heteroatoms. The SMILES string of the molecule is CC(C)C1CN(C(=O)NCc2ccc(C(=O)O)cc2)C1C(C)C. The summed E-state index contributed by atoms with van der Waals surface area (Å²) < 4.78 is 0. The molecule has 2 unspecified atom stereocenters. The summed E-state index contributed by atoms with van der Waals surface area (Å²) in [5, 5.41) is 11.8. The van der Waals surface area contributed by atoms with Crippen LogP contribution >= 0.6 is 0 Å². The standard InChI is InChI=1S/C18H26N2O3/c1-11(2)15-10-20(16(15)12(3)4)18(23)19-9-13-5-7-14(8-6-13)17(21)22/h5-8,11-12,15-16H,9-10H2,1-4H3,(H,19,23)(H,21,22). The normalized spacial score (nSPS) is 20.5. The monoisotopic (exact) mass is 318 g/mol. The highest BCUT2D eigenvalue weighted by atomic mass is 16.4. The first-order chi connectivity index (χ1) is 10.8. The Bertz CT molecular complexity index is 566. The molecule has 1 fully saturated rings. The molecule has 1 aromatic rings. The number of aromatic carboxylic acids is 1. The zero-order valence-electron chi connectivity index (χ0n) is 14.2. The van der Waals surface area contributed by atoms with Crippen molar-refractivity contribution in [1.82, 2.24) is 10.2 Å². The maximum absolute atomic E-state index is 12.4. The first-order valence-electron chi connectivity index (χ1n) is 8.18. The van der Waals surface area contributed by atoms with Gasteiger partial charge in [0, 0.05) is 19.1 Å². The molecule has 1 aromatic carbocycles. The molecule has 1 aliphatic heterocycles. The zero-order chi connectivity index (χ0) is 17.1. The Kier molecular flexibility index (Phi) is 5.29. The molecular weight excluding hydrogens is 292 g/mol. The molecule has 1 heterocycles. The fourth-order valence-corrected chi connectivity index (χ4v) is 3.27. The third kappa shape index (κ3) is 3.84. The minimum absolute atomic E-state index is 0.0390. The number of hydrogen-bond donors (Lipinski definition) is 2. The van der Waals surface area contributed by atoms with Crippen LogP contribution in [0.5, 0.6) is 0 Å². The van der Waals surface area contributed by atoms with E-state index in [2.05, 4.69) is 33.0 Å². The summed E-state index contributed by atoms with van der Waals surface area (Å²) in [5.74, 6) is 0.642. The minimum Gasteiger partial charge on any atom is -0.478 e. The molecule has 23 heavy (non-hydrogen) atoms. The van der Waals surface area contributed by atoms with Gasteiger partial charge in [0.25, 0.3) is 0 Å². The smallest absolute Gasteiger partial charge is 0.335 e. The van der Waals surface area contributed by atoms with E-state index in [1.165, 1.54) is 0 Å². The van der Waals surface area contributed by atoms with E-state index < -0.39 is 5.97 Å². The van der Waals surface area contributed by atoms with Gasteiger partial charge in [0.15, 0.2) is 0 Å². The van der Waals surface area contributed by atoms with Crippen molar-refractivity contribution in [2.45, 2.75) is 40.3 Å². The molecule has 0 aromatic heterocycles. The Hall–Kier alpha value is -2.04. The van der Waals surface area contributed by atoms with Crippen molar-refractivity contribution < 1.29 is 14.7 Å². The summed E-state index contributed by atoms with van der Waals surface area (Å²) in [6.45, 7) is 9.95. The number of amides is 2. The van der Waals surface area contributed by atoms with Gasteiger partial charge >= 0.3 is 12.0 Å². The lowest BCUT2D eigenvalue weighted by atomic mass is 9.75. The molecule has 2 amide bonds. The Morgan fingerprint density at radius 2 is 1.78 bits per heavy atom. The van der Waals surface area contributed by atoms with Crippen molar-refractivity contribution in [1.29, 1.82) is 0 Å². The van der Waals surface area contributed by atoms with Crippen LogP contribution in [0.3, 0.4) is 0 Å². The zero-order valence-corrected chi connectivity index (χ0v) is 14.2. The van der Waals surface area contributed by atoms with Crippen LogP contribution in [0.15, 0.2) is 24.3 Å². The lowest BCUT2D eigenvalue weighted by molar-refractivity contribution is -0.00406. The Balaban J connectivity index is 1.91. The van der Waals surface area contributed by atoms with Gasteiger partial charge < -0.3 is 15.3 Å². The van der Waals surface area contributed by atoms with Crippen LogP contribution in [0.2, 0.25) is 0 Å². The second kappa shape index (κ2) is 7.02. The number of urea groups is 1. The summed E-state index contributed by atoms with van der Waals surface area (Å²) in [6, 6.07) is 6.83. The van der Waals surface area contributed by atoms with Crippen LogP contribution in [-0.4, -0.2) is 34.6 Å². The molecule has 1 saturated heterocycles. The van der Waals surface area contributed by atoms with Crippen LogP contribution in [0, 0.1) is 17.8 Å². The van der Waals surface area contributed by atoms with Gasteiger partial charge in [0.2, 0.25) is 0 Å². The predicted molar refractivity (Wildman–Crippen MR) is 89.3 cm³/mol. The Morgan fingerprint density at radius 1 is 1.17 bits per heavy atom. The molecular formula is C18H26N2O3. The summed E-state index contributed by atoms with van der Waals surface area (Å²) >= 11 is 0. The summed E-state index contributed by atoms with van der Waals surface area (Å²) in [6.07, 6.45) is 0. The highest BCUT2D eigenvalue weighted by Crippen LogP contribution is 2.35. The molecule has 5 nitrogen and oxygen atoms in total. The molecule has 2 atom stereocenters. The van der Waals surface area contributed by atoms with E-state index in [-0.39, 0.29) is 11.6 Å². The number of nitrogens with zero attached hydrogens (tertiary/aromatic N) is 1. The lowest BCUT2D eigenvalue weighted by Gasteiger charge is -2.52. The third-order valence-corrected chi connectivity index (χ3v) is 4.65. The van der Waals surface area contributed by atoms with E-state index in [1.807, 2.05) is 4.90 Å². The van der Waals surface area contributed by atoms with E-state index in [9.17, 15) is 9.59 Å². The first-order valence-corrected chi connectivity index (χ1v) is 8.18. The molecule has 2 rings (SSSR count). The first kappa shape index (κ1) is 17.3. The number of carbonyl (C=O) groups is 2. The van der Waals surface area contributed by atoms with Gasteiger partial charge in [0.1, 0.15) is 0 Å². The van der Waals surface area contributed by atoms with Gasteiger partial charge in [-0.1, -0.05) is 39.8 Å². The third-order valence-electron chi connectivity index (χ3n) is 4.65. The molecule has 0 aliphatic carbocycles. The van der Waals surface area contributed by atoms with Gasteiger partial charge in [-0.25, -0.2) is 9.59 Å². The average molecular weight is 318 g/mol. The van der Waals surface area contributed by atoms with E-state index in [0.29, 0.717) is 30.3 Å². The van der Waals surface area contributed by atoms with Crippen molar-refractivity contribution in [3.63, 3.8) is 0 Å². The molecule has 1 aliphatic rings. The van der Waals surface area contributed by atoms with Crippen LogP contribution in [0.1, 0.15) is 43.6 Å². The number of carboxylic acids is 1. The average Bonchev–Trinajstić information content (AvgIpc) is 2.43. The molecule has 0 spiro atoms. The van der Waals surface area contributed by atoms with Crippen molar-refractivity contribution in [3.05, 3.63) is 35.4 Å². The van der Waals surface area contributed by atoms with Crippen molar-refractivity contribution in [3.8, 4) is 0 Å². The number of nitrogens with one attached hydrogen (secondary N) is 1. The number of rotatable bonds is 5. The van der Waals surface area contributed by atoms with E-state index >= 15 is 0 Å². The van der Waals surface area contributed by atoms with Crippen LogP contribution in [-0.2, 0) is 6.54 Å². The fraction of sp³-hybridized carbons (Fsp3) is 0.556. The van der Waals surface area contributed by atoms with E-state index in [0.717, 1.165) is 12.1 Å². The molecule has 0 bridgehead atoms. The summed E-state index contributed by atoms with van der Waals surface area (Å²) in [4.78, 5) is 25.1.